The summed E-state index contributed by atoms with van der Waals surface area (Å²) < 4.78 is 41.7. The van der Waals surface area contributed by atoms with Gasteiger partial charge in [-0.1, -0.05) is 24.6 Å². The first-order valence-corrected chi connectivity index (χ1v) is 13.0. The summed E-state index contributed by atoms with van der Waals surface area (Å²) in [5, 5.41) is 9.46. The fourth-order valence-corrected chi connectivity index (χ4v) is 6.57. The van der Waals surface area contributed by atoms with Crippen molar-refractivity contribution in [2.45, 2.75) is 63.0 Å². The second-order valence-corrected chi connectivity index (χ2v) is 10.8. The lowest BCUT2D eigenvalue weighted by atomic mass is 9.81. The molecule has 1 aliphatic heterocycles. The number of fused-ring (bicyclic) bond motifs is 2. The van der Waals surface area contributed by atoms with Gasteiger partial charge in [-0.15, -0.1) is 13.2 Å². The Morgan fingerprint density at radius 3 is 2.41 bits per heavy atom. The number of para-hydroxylation sites is 1. The van der Waals surface area contributed by atoms with Crippen LogP contribution in [0.5, 0.6) is 5.75 Å². The SMILES string of the molecule is O=C(O)C1CC1CN(C1CC1)C1c2ccccc2N(C(=O)c2ccc(OC(F)(F)F)cc2)C2CCCC21. The van der Waals surface area contributed by atoms with Gasteiger partial charge in [0, 0.05) is 35.9 Å². The normalized spacial score (nSPS) is 28.5. The lowest BCUT2D eigenvalue weighted by Crippen LogP contribution is -2.52. The summed E-state index contributed by atoms with van der Waals surface area (Å²) in [4.78, 5) is 29.7. The van der Waals surface area contributed by atoms with Crippen LogP contribution in [0.25, 0.3) is 0 Å². The fourth-order valence-electron chi connectivity index (χ4n) is 6.57. The number of carbonyl (C=O) groups is 2. The summed E-state index contributed by atoms with van der Waals surface area (Å²) in [7, 11) is 0. The van der Waals surface area contributed by atoms with E-state index in [1.54, 1.807) is 0 Å². The number of rotatable bonds is 7. The van der Waals surface area contributed by atoms with Gasteiger partial charge < -0.3 is 14.7 Å². The van der Waals surface area contributed by atoms with E-state index < -0.39 is 12.3 Å². The molecule has 9 heteroatoms. The van der Waals surface area contributed by atoms with Gasteiger partial charge in [-0.05, 0) is 79.8 Å². The minimum atomic E-state index is -4.79. The maximum Gasteiger partial charge on any atom is 0.573 e. The molecular formula is C28H29F3N2O4. The van der Waals surface area contributed by atoms with Gasteiger partial charge in [0.15, 0.2) is 0 Å². The smallest absolute Gasteiger partial charge is 0.481 e. The number of anilines is 1. The van der Waals surface area contributed by atoms with Gasteiger partial charge in [-0.3, -0.25) is 14.5 Å². The number of halogens is 3. The molecule has 3 saturated carbocycles. The number of benzene rings is 2. The van der Waals surface area contributed by atoms with Crippen LogP contribution in [0.1, 0.15) is 60.5 Å². The molecular weight excluding hydrogens is 485 g/mol. The Hall–Kier alpha value is -3.07. The summed E-state index contributed by atoms with van der Waals surface area (Å²) in [6.45, 7) is 0.762. The summed E-state index contributed by atoms with van der Waals surface area (Å²) in [5.74, 6) is -1.18. The zero-order valence-electron chi connectivity index (χ0n) is 20.2. The standard InChI is InChI=1S/C28H29F3N2O4/c29-28(30,31)37-19-12-8-16(9-13-19)26(34)33-23-6-2-1-4-20(23)25(21-5-3-7-24(21)33)32(18-10-11-18)15-17-14-22(17)27(35)36/h1-2,4,6,8-9,12-13,17-18,21-22,24-25H,3,5,7,10-11,14-15H2,(H,35,36). The molecule has 0 spiro atoms. The molecule has 2 aromatic carbocycles. The highest BCUT2D eigenvalue weighted by molar-refractivity contribution is 6.07. The van der Waals surface area contributed by atoms with E-state index in [4.69, 9.17) is 0 Å². The van der Waals surface area contributed by atoms with Gasteiger partial charge in [0.25, 0.3) is 5.91 Å². The first-order chi connectivity index (χ1) is 17.7. The number of aliphatic carboxylic acids is 1. The van der Waals surface area contributed by atoms with Crippen LogP contribution in [-0.4, -0.2) is 46.9 Å². The third-order valence-electron chi connectivity index (χ3n) is 8.40. The van der Waals surface area contributed by atoms with Gasteiger partial charge in [0.05, 0.1) is 5.92 Å². The van der Waals surface area contributed by atoms with Crippen molar-refractivity contribution in [1.29, 1.82) is 0 Å². The van der Waals surface area contributed by atoms with E-state index in [2.05, 4.69) is 15.7 Å². The molecule has 2 aromatic rings. The van der Waals surface area contributed by atoms with Crippen molar-refractivity contribution in [1.82, 2.24) is 4.90 Å². The maximum absolute atomic E-state index is 13.8. The molecule has 6 nitrogen and oxygen atoms in total. The Morgan fingerprint density at radius 2 is 1.76 bits per heavy atom. The van der Waals surface area contributed by atoms with Crippen LogP contribution in [0.15, 0.2) is 48.5 Å². The van der Waals surface area contributed by atoms with Crippen LogP contribution in [0.4, 0.5) is 18.9 Å². The lowest BCUT2D eigenvalue weighted by molar-refractivity contribution is -0.274. The van der Waals surface area contributed by atoms with Crippen molar-refractivity contribution in [2.24, 2.45) is 17.8 Å². The zero-order valence-corrected chi connectivity index (χ0v) is 20.2. The number of nitrogens with zero attached hydrogens (tertiary/aromatic N) is 2. The number of carboxylic acids is 1. The number of ether oxygens (including phenoxy) is 1. The highest BCUT2D eigenvalue weighted by atomic mass is 19.4. The summed E-state index contributed by atoms with van der Waals surface area (Å²) >= 11 is 0. The molecule has 3 fully saturated rings. The molecule has 1 heterocycles. The number of hydrogen-bond donors (Lipinski definition) is 1. The predicted octanol–water partition coefficient (Wildman–Crippen LogP) is 5.64. The van der Waals surface area contributed by atoms with Crippen molar-refractivity contribution in [3.63, 3.8) is 0 Å². The Bertz CT molecular complexity index is 1200. The molecule has 5 unspecified atom stereocenters. The molecule has 1 amide bonds. The molecule has 196 valence electrons. The summed E-state index contributed by atoms with van der Waals surface area (Å²) in [5.41, 5.74) is 2.23. The van der Waals surface area contributed by atoms with Crippen molar-refractivity contribution >= 4 is 17.6 Å². The molecule has 0 bridgehead atoms. The second-order valence-electron chi connectivity index (χ2n) is 10.8. The third-order valence-corrected chi connectivity index (χ3v) is 8.40. The van der Waals surface area contributed by atoms with E-state index >= 15 is 0 Å². The van der Waals surface area contributed by atoms with Gasteiger partial charge in [0.2, 0.25) is 0 Å². The first-order valence-electron chi connectivity index (χ1n) is 13.0. The second kappa shape index (κ2) is 9.04. The number of amides is 1. The lowest BCUT2D eigenvalue weighted by Gasteiger charge is -2.48. The van der Waals surface area contributed by atoms with Crippen LogP contribution in [0, 0.1) is 17.8 Å². The van der Waals surface area contributed by atoms with Crippen LogP contribution >= 0.6 is 0 Å². The Kier molecular flexibility index (Phi) is 5.93. The Labute approximate surface area is 213 Å². The van der Waals surface area contributed by atoms with Gasteiger partial charge in [-0.25, -0.2) is 0 Å². The van der Waals surface area contributed by atoms with Crippen LogP contribution in [0.2, 0.25) is 0 Å². The summed E-state index contributed by atoms with van der Waals surface area (Å²) in [6, 6.07) is 13.6. The number of hydrogen-bond acceptors (Lipinski definition) is 4. The summed E-state index contributed by atoms with van der Waals surface area (Å²) in [6.07, 6.45) is 0.965. The van der Waals surface area contributed by atoms with E-state index in [0.29, 0.717) is 11.6 Å². The van der Waals surface area contributed by atoms with Gasteiger partial charge in [-0.2, -0.15) is 0 Å². The van der Waals surface area contributed by atoms with E-state index in [0.717, 1.165) is 56.3 Å². The maximum atomic E-state index is 13.8. The molecule has 37 heavy (non-hydrogen) atoms. The Balaban J connectivity index is 1.32. The van der Waals surface area contributed by atoms with Gasteiger partial charge >= 0.3 is 12.3 Å². The monoisotopic (exact) mass is 514 g/mol. The topological polar surface area (TPSA) is 70.1 Å². The van der Waals surface area contributed by atoms with Crippen molar-refractivity contribution in [2.75, 3.05) is 11.4 Å². The molecule has 1 N–H and O–H groups in total. The van der Waals surface area contributed by atoms with Crippen LogP contribution in [-0.2, 0) is 4.79 Å². The molecule has 5 atom stereocenters. The first kappa shape index (κ1) is 24.3. The average Bonchev–Trinajstić information content (AvgIpc) is 3.78. The van der Waals surface area contributed by atoms with E-state index in [-0.39, 0.29) is 41.5 Å². The number of alkyl halides is 3. The number of carbonyl (C=O) groups excluding carboxylic acids is 1. The quantitative estimate of drug-likeness (QED) is 0.518. The molecule has 6 rings (SSSR count). The predicted molar refractivity (Wildman–Crippen MR) is 129 cm³/mol. The van der Waals surface area contributed by atoms with Crippen molar-refractivity contribution in [3.05, 3.63) is 59.7 Å². The minimum Gasteiger partial charge on any atom is -0.481 e. The van der Waals surface area contributed by atoms with E-state index in [1.807, 2.05) is 23.1 Å². The molecule has 3 aliphatic carbocycles. The van der Waals surface area contributed by atoms with Gasteiger partial charge in [0.1, 0.15) is 5.75 Å². The third kappa shape index (κ3) is 4.69. The minimum absolute atomic E-state index is 0.0192. The van der Waals surface area contributed by atoms with Crippen molar-refractivity contribution < 1.29 is 32.6 Å². The average molecular weight is 515 g/mol. The highest BCUT2D eigenvalue weighted by Crippen LogP contribution is 2.54. The van der Waals surface area contributed by atoms with Crippen LogP contribution in [0.3, 0.4) is 0 Å². The molecule has 4 aliphatic rings. The number of carboxylic acid groups (broad SMARTS) is 1. The Morgan fingerprint density at radius 1 is 1.03 bits per heavy atom. The van der Waals surface area contributed by atoms with Crippen LogP contribution < -0.4 is 9.64 Å². The zero-order chi connectivity index (χ0) is 25.9. The largest absolute Gasteiger partial charge is 0.573 e. The fraction of sp³-hybridized carbons (Fsp3) is 0.500. The molecule has 0 radical (unpaired) electrons. The van der Waals surface area contributed by atoms with E-state index in [1.165, 1.54) is 24.3 Å². The molecule has 0 aromatic heterocycles. The molecule has 0 saturated heterocycles. The highest BCUT2D eigenvalue weighted by Gasteiger charge is 2.53. The van der Waals surface area contributed by atoms with Crippen molar-refractivity contribution in [3.8, 4) is 5.75 Å². The van der Waals surface area contributed by atoms with E-state index in [9.17, 15) is 27.9 Å².